The predicted octanol–water partition coefficient (Wildman–Crippen LogP) is 0.966. The van der Waals surface area contributed by atoms with E-state index >= 15 is 0 Å². The number of carbonyl (C=O) groups is 1. The van der Waals surface area contributed by atoms with Gasteiger partial charge in [0.05, 0.1) is 0 Å². The fourth-order valence-corrected chi connectivity index (χ4v) is 2.42. The Balaban J connectivity index is 2.46. The van der Waals surface area contributed by atoms with Crippen molar-refractivity contribution in [1.82, 2.24) is 15.3 Å². The fraction of sp³-hybridized carbons (Fsp3) is 0.615. The summed E-state index contributed by atoms with van der Waals surface area (Å²) in [6.07, 6.45) is 1.55. The maximum atomic E-state index is 11.8. The minimum atomic E-state index is -0.203. The van der Waals surface area contributed by atoms with Crippen LogP contribution in [-0.2, 0) is 4.79 Å². The van der Waals surface area contributed by atoms with Gasteiger partial charge < -0.3 is 15.5 Å². The van der Waals surface area contributed by atoms with Gasteiger partial charge in [0.2, 0.25) is 5.91 Å². The van der Waals surface area contributed by atoms with Gasteiger partial charge in [-0.05, 0) is 12.8 Å². The van der Waals surface area contributed by atoms with Crippen molar-refractivity contribution in [2.24, 2.45) is 0 Å². The number of nitrogens with one attached hydrogen (secondary N) is 2. The maximum absolute atomic E-state index is 11.8. The SMILES string of the molecule is CNc1ncnc(N2CCNC(=O)C2C)c1C(C)C. The molecule has 2 rings (SSSR count). The first kappa shape index (κ1) is 13.6. The summed E-state index contributed by atoms with van der Waals surface area (Å²) in [4.78, 5) is 22.5. The largest absolute Gasteiger partial charge is 0.373 e. The van der Waals surface area contributed by atoms with Gasteiger partial charge in [0, 0.05) is 25.7 Å². The molecular weight excluding hydrogens is 242 g/mol. The van der Waals surface area contributed by atoms with Crippen LogP contribution >= 0.6 is 0 Å². The number of nitrogens with zero attached hydrogens (tertiary/aromatic N) is 3. The molecule has 2 N–H and O–H groups in total. The van der Waals surface area contributed by atoms with Crippen molar-refractivity contribution in [2.75, 3.05) is 30.4 Å². The lowest BCUT2D eigenvalue weighted by Crippen LogP contribution is -2.54. The van der Waals surface area contributed by atoms with E-state index in [0.717, 1.165) is 23.7 Å². The number of hydrogen-bond acceptors (Lipinski definition) is 5. The summed E-state index contributed by atoms with van der Waals surface area (Å²) in [7, 11) is 1.85. The van der Waals surface area contributed by atoms with E-state index < -0.39 is 0 Å². The third-order valence-electron chi connectivity index (χ3n) is 3.45. The molecule has 1 aliphatic heterocycles. The van der Waals surface area contributed by atoms with Gasteiger partial charge in [-0.2, -0.15) is 0 Å². The first-order valence-electron chi connectivity index (χ1n) is 6.63. The van der Waals surface area contributed by atoms with Crippen LogP contribution in [0.5, 0.6) is 0 Å². The monoisotopic (exact) mass is 263 g/mol. The van der Waals surface area contributed by atoms with Gasteiger partial charge in [-0.3, -0.25) is 4.79 Å². The number of anilines is 2. The van der Waals surface area contributed by atoms with Gasteiger partial charge in [-0.15, -0.1) is 0 Å². The van der Waals surface area contributed by atoms with Crippen molar-refractivity contribution in [3.05, 3.63) is 11.9 Å². The molecule has 1 aromatic heterocycles. The van der Waals surface area contributed by atoms with E-state index in [1.54, 1.807) is 6.33 Å². The van der Waals surface area contributed by atoms with E-state index in [-0.39, 0.29) is 17.9 Å². The van der Waals surface area contributed by atoms with Crippen LogP contribution in [0.25, 0.3) is 0 Å². The zero-order valence-corrected chi connectivity index (χ0v) is 11.9. The van der Waals surface area contributed by atoms with Crippen LogP contribution in [0.2, 0.25) is 0 Å². The lowest BCUT2D eigenvalue weighted by Gasteiger charge is -2.35. The van der Waals surface area contributed by atoms with Crippen molar-refractivity contribution >= 4 is 17.5 Å². The highest BCUT2D eigenvalue weighted by atomic mass is 16.2. The van der Waals surface area contributed by atoms with Crippen LogP contribution in [0, 0.1) is 0 Å². The number of rotatable bonds is 3. The van der Waals surface area contributed by atoms with Crippen LogP contribution in [0.15, 0.2) is 6.33 Å². The number of aromatic nitrogens is 2. The molecule has 0 radical (unpaired) electrons. The van der Waals surface area contributed by atoms with Crippen LogP contribution < -0.4 is 15.5 Å². The zero-order chi connectivity index (χ0) is 14.0. The molecule has 1 fully saturated rings. The third kappa shape index (κ3) is 2.47. The van der Waals surface area contributed by atoms with E-state index in [4.69, 9.17) is 0 Å². The zero-order valence-electron chi connectivity index (χ0n) is 11.9. The lowest BCUT2D eigenvalue weighted by atomic mass is 10.0. The molecule has 0 saturated carbocycles. The molecular formula is C13H21N5O. The molecule has 6 heteroatoms. The summed E-state index contributed by atoms with van der Waals surface area (Å²) in [5.74, 6) is 2.02. The van der Waals surface area contributed by atoms with Crippen molar-refractivity contribution < 1.29 is 4.79 Å². The Hall–Kier alpha value is -1.85. The van der Waals surface area contributed by atoms with Gasteiger partial charge in [0.1, 0.15) is 24.0 Å². The van der Waals surface area contributed by atoms with E-state index in [1.807, 2.05) is 14.0 Å². The quantitative estimate of drug-likeness (QED) is 0.850. The Labute approximate surface area is 113 Å². The highest BCUT2D eigenvalue weighted by molar-refractivity contribution is 5.86. The molecule has 1 unspecified atom stereocenters. The molecule has 0 aromatic carbocycles. The average Bonchev–Trinajstić information content (AvgIpc) is 2.40. The highest BCUT2D eigenvalue weighted by Crippen LogP contribution is 2.31. The number of hydrogen-bond donors (Lipinski definition) is 2. The Morgan fingerprint density at radius 1 is 1.47 bits per heavy atom. The average molecular weight is 263 g/mol. The summed E-state index contributed by atoms with van der Waals surface area (Å²) in [5.41, 5.74) is 1.06. The summed E-state index contributed by atoms with van der Waals surface area (Å²) in [5, 5.41) is 5.97. The molecule has 0 bridgehead atoms. The molecule has 104 valence electrons. The molecule has 6 nitrogen and oxygen atoms in total. The first-order valence-corrected chi connectivity index (χ1v) is 6.63. The summed E-state index contributed by atoms with van der Waals surface area (Å²) in [6, 6.07) is -0.203. The van der Waals surface area contributed by atoms with E-state index in [1.165, 1.54) is 0 Å². The van der Waals surface area contributed by atoms with E-state index in [9.17, 15) is 4.79 Å². The second-order valence-electron chi connectivity index (χ2n) is 5.02. The van der Waals surface area contributed by atoms with Crippen LogP contribution in [-0.4, -0.2) is 42.1 Å². The number of piperazine rings is 1. The predicted molar refractivity (Wildman–Crippen MR) is 75.5 cm³/mol. The van der Waals surface area contributed by atoms with Crippen LogP contribution in [0.3, 0.4) is 0 Å². The molecule has 2 heterocycles. The second kappa shape index (κ2) is 5.42. The Morgan fingerprint density at radius 3 is 2.84 bits per heavy atom. The minimum absolute atomic E-state index is 0.0468. The molecule has 1 amide bonds. The highest BCUT2D eigenvalue weighted by Gasteiger charge is 2.29. The van der Waals surface area contributed by atoms with Crippen LogP contribution in [0.4, 0.5) is 11.6 Å². The summed E-state index contributed by atoms with van der Waals surface area (Å²) >= 11 is 0. The van der Waals surface area contributed by atoms with Crippen molar-refractivity contribution in [2.45, 2.75) is 32.7 Å². The Kier molecular flexibility index (Phi) is 3.87. The van der Waals surface area contributed by atoms with Gasteiger partial charge in [-0.1, -0.05) is 13.8 Å². The summed E-state index contributed by atoms with van der Waals surface area (Å²) in [6.45, 7) is 7.54. The number of amides is 1. The van der Waals surface area contributed by atoms with Crippen molar-refractivity contribution in [3.63, 3.8) is 0 Å². The maximum Gasteiger partial charge on any atom is 0.242 e. The van der Waals surface area contributed by atoms with Crippen molar-refractivity contribution in [1.29, 1.82) is 0 Å². The number of carbonyl (C=O) groups excluding carboxylic acids is 1. The minimum Gasteiger partial charge on any atom is -0.373 e. The standard InChI is InChI=1S/C13H21N5O/c1-8(2)10-11(14-4)16-7-17-12(10)18-6-5-15-13(19)9(18)3/h7-9H,5-6H2,1-4H3,(H,15,19)(H,14,16,17). The van der Waals surface area contributed by atoms with Crippen molar-refractivity contribution in [3.8, 4) is 0 Å². The van der Waals surface area contributed by atoms with Gasteiger partial charge in [0.15, 0.2) is 0 Å². The Bertz CT molecular complexity index is 474. The van der Waals surface area contributed by atoms with Gasteiger partial charge >= 0.3 is 0 Å². The first-order chi connectivity index (χ1) is 9.06. The molecule has 1 atom stereocenters. The smallest absolute Gasteiger partial charge is 0.242 e. The topological polar surface area (TPSA) is 70.2 Å². The van der Waals surface area contributed by atoms with Gasteiger partial charge in [-0.25, -0.2) is 9.97 Å². The Morgan fingerprint density at radius 2 is 2.21 bits per heavy atom. The molecule has 1 saturated heterocycles. The summed E-state index contributed by atoms with van der Waals surface area (Å²) < 4.78 is 0. The second-order valence-corrected chi connectivity index (χ2v) is 5.02. The third-order valence-corrected chi connectivity index (χ3v) is 3.45. The van der Waals surface area contributed by atoms with E-state index in [2.05, 4.69) is 39.3 Å². The molecule has 1 aromatic rings. The fourth-order valence-electron chi connectivity index (χ4n) is 2.42. The molecule has 1 aliphatic rings. The molecule has 19 heavy (non-hydrogen) atoms. The van der Waals surface area contributed by atoms with E-state index in [0.29, 0.717) is 6.54 Å². The normalized spacial score (nSPS) is 19.5. The lowest BCUT2D eigenvalue weighted by molar-refractivity contribution is -0.122. The molecule has 0 spiro atoms. The van der Waals surface area contributed by atoms with Crippen LogP contribution in [0.1, 0.15) is 32.3 Å². The van der Waals surface area contributed by atoms with Gasteiger partial charge in [0.25, 0.3) is 0 Å². The molecule has 0 aliphatic carbocycles.